The molecule has 0 aliphatic heterocycles. The molecule has 66 valence electrons. The SMILES string of the molecule is CNC(=O)Cc1ccccc1.Cl. The molecule has 0 aliphatic rings. The second kappa shape index (κ2) is 5.61. The van der Waals surface area contributed by atoms with Gasteiger partial charge in [-0.15, -0.1) is 12.4 Å². The number of likely N-dealkylation sites (N-methyl/N-ethyl adjacent to an activating group) is 1. The summed E-state index contributed by atoms with van der Waals surface area (Å²) in [4.78, 5) is 10.9. The van der Waals surface area contributed by atoms with E-state index in [0.29, 0.717) is 6.42 Å². The van der Waals surface area contributed by atoms with Gasteiger partial charge in [-0.3, -0.25) is 4.79 Å². The van der Waals surface area contributed by atoms with Crippen LogP contribution in [0.25, 0.3) is 0 Å². The average Bonchev–Trinajstić information content (AvgIpc) is 2.06. The molecular weight excluding hydrogens is 174 g/mol. The Morgan fingerprint density at radius 3 is 2.42 bits per heavy atom. The summed E-state index contributed by atoms with van der Waals surface area (Å²) in [6.07, 6.45) is 0.470. The topological polar surface area (TPSA) is 29.1 Å². The van der Waals surface area contributed by atoms with Gasteiger partial charge in [-0.25, -0.2) is 0 Å². The van der Waals surface area contributed by atoms with Crippen molar-refractivity contribution in [3.63, 3.8) is 0 Å². The van der Waals surface area contributed by atoms with Crippen LogP contribution in [0.4, 0.5) is 0 Å². The molecule has 3 heteroatoms. The highest BCUT2D eigenvalue weighted by Crippen LogP contribution is 1.98. The summed E-state index contributed by atoms with van der Waals surface area (Å²) < 4.78 is 0. The predicted octanol–water partition coefficient (Wildman–Crippen LogP) is 1.40. The van der Waals surface area contributed by atoms with E-state index in [2.05, 4.69) is 5.32 Å². The van der Waals surface area contributed by atoms with Crippen LogP contribution in [0.2, 0.25) is 0 Å². The van der Waals surface area contributed by atoms with Crippen molar-refractivity contribution < 1.29 is 4.79 Å². The van der Waals surface area contributed by atoms with E-state index in [-0.39, 0.29) is 18.3 Å². The lowest BCUT2D eigenvalue weighted by Gasteiger charge is -1.98. The second-order valence-electron chi connectivity index (χ2n) is 2.34. The summed E-state index contributed by atoms with van der Waals surface area (Å²) >= 11 is 0. The molecule has 1 aromatic rings. The average molecular weight is 186 g/mol. The lowest BCUT2D eigenvalue weighted by molar-refractivity contribution is -0.119. The zero-order valence-electron chi connectivity index (χ0n) is 6.91. The van der Waals surface area contributed by atoms with Gasteiger partial charge < -0.3 is 5.32 Å². The van der Waals surface area contributed by atoms with Gasteiger partial charge in [0.15, 0.2) is 0 Å². The number of carbonyl (C=O) groups excluding carboxylic acids is 1. The molecule has 0 aromatic heterocycles. The van der Waals surface area contributed by atoms with E-state index >= 15 is 0 Å². The second-order valence-corrected chi connectivity index (χ2v) is 2.34. The van der Waals surface area contributed by atoms with Crippen LogP contribution in [-0.2, 0) is 11.2 Å². The number of hydrogen-bond acceptors (Lipinski definition) is 1. The van der Waals surface area contributed by atoms with Crippen molar-refractivity contribution in [1.82, 2.24) is 5.32 Å². The summed E-state index contributed by atoms with van der Waals surface area (Å²) in [5.74, 6) is 0.0520. The van der Waals surface area contributed by atoms with Crippen LogP contribution in [-0.4, -0.2) is 13.0 Å². The Morgan fingerprint density at radius 1 is 1.33 bits per heavy atom. The first-order valence-electron chi connectivity index (χ1n) is 3.57. The van der Waals surface area contributed by atoms with Gasteiger partial charge in [-0.05, 0) is 5.56 Å². The van der Waals surface area contributed by atoms with Gasteiger partial charge >= 0.3 is 0 Å². The molecule has 0 radical (unpaired) electrons. The number of halogens is 1. The highest BCUT2D eigenvalue weighted by atomic mass is 35.5. The van der Waals surface area contributed by atoms with Crippen LogP contribution >= 0.6 is 12.4 Å². The molecule has 1 amide bonds. The van der Waals surface area contributed by atoms with E-state index in [1.54, 1.807) is 7.05 Å². The molecule has 0 fully saturated rings. The first-order valence-corrected chi connectivity index (χ1v) is 3.57. The third-order valence-corrected chi connectivity index (χ3v) is 1.49. The normalized spacial score (nSPS) is 8.42. The minimum Gasteiger partial charge on any atom is -0.359 e. The van der Waals surface area contributed by atoms with Crippen molar-refractivity contribution in [1.29, 1.82) is 0 Å². The molecule has 1 N–H and O–H groups in total. The highest BCUT2D eigenvalue weighted by molar-refractivity contribution is 5.85. The van der Waals surface area contributed by atoms with Crippen molar-refractivity contribution >= 4 is 18.3 Å². The Balaban J connectivity index is 0.00000121. The van der Waals surface area contributed by atoms with Gasteiger partial charge in [-0.2, -0.15) is 0 Å². The lowest BCUT2D eigenvalue weighted by Crippen LogP contribution is -2.19. The van der Waals surface area contributed by atoms with E-state index in [1.165, 1.54) is 0 Å². The molecule has 0 aliphatic carbocycles. The van der Waals surface area contributed by atoms with Crippen molar-refractivity contribution in [2.75, 3.05) is 7.05 Å². The van der Waals surface area contributed by atoms with Crippen LogP contribution < -0.4 is 5.32 Å². The maximum atomic E-state index is 10.9. The van der Waals surface area contributed by atoms with Gasteiger partial charge in [0.05, 0.1) is 6.42 Å². The Kier molecular flexibility index (Phi) is 5.13. The number of nitrogens with one attached hydrogen (secondary N) is 1. The Hall–Kier alpha value is -1.02. The molecule has 1 rings (SSSR count). The minimum atomic E-state index is 0. The van der Waals surface area contributed by atoms with E-state index < -0.39 is 0 Å². The summed E-state index contributed by atoms with van der Waals surface area (Å²) in [5.41, 5.74) is 1.05. The van der Waals surface area contributed by atoms with Crippen molar-refractivity contribution in [3.05, 3.63) is 35.9 Å². The van der Waals surface area contributed by atoms with E-state index in [0.717, 1.165) is 5.56 Å². The molecule has 0 unspecified atom stereocenters. The first kappa shape index (κ1) is 11.0. The summed E-state index contributed by atoms with van der Waals surface area (Å²) in [7, 11) is 1.64. The van der Waals surface area contributed by atoms with Crippen LogP contribution in [0.3, 0.4) is 0 Å². The summed E-state index contributed by atoms with van der Waals surface area (Å²) in [5, 5.41) is 2.57. The van der Waals surface area contributed by atoms with Crippen LogP contribution in [0.5, 0.6) is 0 Å². The maximum absolute atomic E-state index is 10.9. The van der Waals surface area contributed by atoms with Gasteiger partial charge in [-0.1, -0.05) is 30.3 Å². The van der Waals surface area contributed by atoms with Crippen LogP contribution in [0, 0.1) is 0 Å². The van der Waals surface area contributed by atoms with Gasteiger partial charge in [0, 0.05) is 7.05 Å². The maximum Gasteiger partial charge on any atom is 0.224 e. The third kappa shape index (κ3) is 3.39. The largest absolute Gasteiger partial charge is 0.359 e. The Bertz CT molecular complexity index is 236. The monoisotopic (exact) mass is 185 g/mol. The van der Waals surface area contributed by atoms with Crippen LogP contribution in [0.15, 0.2) is 30.3 Å². The van der Waals surface area contributed by atoms with Crippen LogP contribution in [0.1, 0.15) is 5.56 Å². The van der Waals surface area contributed by atoms with Crippen molar-refractivity contribution in [3.8, 4) is 0 Å². The number of hydrogen-bond donors (Lipinski definition) is 1. The van der Waals surface area contributed by atoms with Crippen molar-refractivity contribution in [2.24, 2.45) is 0 Å². The highest BCUT2D eigenvalue weighted by Gasteiger charge is 1.97. The molecule has 0 spiro atoms. The molecule has 0 saturated carbocycles. The molecule has 0 bridgehead atoms. The Morgan fingerprint density at radius 2 is 1.92 bits per heavy atom. The first-order chi connectivity index (χ1) is 5.33. The molecule has 1 aromatic carbocycles. The molecule has 2 nitrogen and oxygen atoms in total. The van der Waals surface area contributed by atoms with Gasteiger partial charge in [0.25, 0.3) is 0 Å². The molecule has 12 heavy (non-hydrogen) atoms. The zero-order chi connectivity index (χ0) is 8.10. The van der Waals surface area contributed by atoms with E-state index in [9.17, 15) is 4.79 Å². The summed E-state index contributed by atoms with van der Waals surface area (Å²) in [6.45, 7) is 0. The smallest absolute Gasteiger partial charge is 0.224 e. The molecule has 0 heterocycles. The minimum absolute atomic E-state index is 0. The predicted molar refractivity (Wildman–Crippen MR) is 51.5 cm³/mol. The number of amides is 1. The number of benzene rings is 1. The fraction of sp³-hybridized carbons (Fsp3) is 0.222. The summed E-state index contributed by atoms with van der Waals surface area (Å²) in [6, 6.07) is 9.67. The van der Waals surface area contributed by atoms with E-state index in [4.69, 9.17) is 0 Å². The molecule has 0 atom stereocenters. The zero-order valence-corrected chi connectivity index (χ0v) is 7.73. The van der Waals surface area contributed by atoms with Crippen molar-refractivity contribution in [2.45, 2.75) is 6.42 Å². The third-order valence-electron chi connectivity index (χ3n) is 1.49. The van der Waals surface area contributed by atoms with Gasteiger partial charge in [0.1, 0.15) is 0 Å². The Labute approximate surface area is 78.4 Å². The molecular formula is C9H12ClNO. The number of carbonyl (C=O) groups is 1. The quantitative estimate of drug-likeness (QED) is 0.742. The fourth-order valence-electron chi connectivity index (χ4n) is 0.870. The lowest BCUT2D eigenvalue weighted by atomic mass is 10.1. The van der Waals surface area contributed by atoms with E-state index in [1.807, 2.05) is 30.3 Å². The van der Waals surface area contributed by atoms with Gasteiger partial charge in [0.2, 0.25) is 5.91 Å². The number of rotatable bonds is 2. The molecule has 0 saturated heterocycles. The standard InChI is InChI=1S/C9H11NO.ClH/c1-10-9(11)7-8-5-3-2-4-6-8;/h2-6H,7H2,1H3,(H,10,11);1H. The fourth-order valence-corrected chi connectivity index (χ4v) is 0.870.